The Hall–Kier alpha value is -1.45. The lowest BCUT2D eigenvalue weighted by Gasteiger charge is -2.12. The van der Waals surface area contributed by atoms with E-state index in [1.54, 1.807) is 18.2 Å². The van der Waals surface area contributed by atoms with E-state index in [-0.39, 0.29) is 5.56 Å². The summed E-state index contributed by atoms with van der Waals surface area (Å²) in [4.78, 5) is 4.06. The zero-order valence-electron chi connectivity index (χ0n) is 9.19. The summed E-state index contributed by atoms with van der Waals surface area (Å²) in [6.07, 6.45) is 0.508. The van der Waals surface area contributed by atoms with Crippen molar-refractivity contribution in [3.05, 3.63) is 64.2 Å². The average Bonchev–Trinajstić information content (AvgIpc) is 2.29. The maximum Gasteiger partial charge on any atom is 0.130 e. The standard InChI is InChI=1S/C13H11ClFNO/c1-8-2-3-9(7-16-8)13(17)11-5-4-10(14)6-12(11)15/h2-7,13,17H,1H3. The van der Waals surface area contributed by atoms with E-state index in [4.69, 9.17) is 11.6 Å². The molecule has 1 atom stereocenters. The molecule has 0 saturated carbocycles. The average molecular weight is 252 g/mol. The van der Waals surface area contributed by atoms with Crippen molar-refractivity contribution >= 4 is 11.6 Å². The zero-order valence-corrected chi connectivity index (χ0v) is 9.95. The summed E-state index contributed by atoms with van der Waals surface area (Å²) in [5.41, 5.74) is 1.59. The molecule has 0 radical (unpaired) electrons. The van der Waals surface area contributed by atoms with Gasteiger partial charge in [-0.15, -0.1) is 0 Å². The van der Waals surface area contributed by atoms with Crippen LogP contribution in [0.3, 0.4) is 0 Å². The molecule has 17 heavy (non-hydrogen) atoms. The predicted octanol–water partition coefficient (Wildman–Crippen LogP) is 3.26. The Labute approximate surface area is 104 Å². The van der Waals surface area contributed by atoms with Gasteiger partial charge in [0.15, 0.2) is 0 Å². The van der Waals surface area contributed by atoms with Gasteiger partial charge in [0.25, 0.3) is 0 Å². The first-order valence-electron chi connectivity index (χ1n) is 5.13. The summed E-state index contributed by atoms with van der Waals surface area (Å²) in [7, 11) is 0. The molecule has 1 heterocycles. The fraction of sp³-hybridized carbons (Fsp3) is 0.154. The second-order valence-corrected chi connectivity index (χ2v) is 4.24. The SMILES string of the molecule is Cc1ccc(C(O)c2ccc(Cl)cc2F)cn1. The monoisotopic (exact) mass is 251 g/mol. The van der Waals surface area contributed by atoms with Gasteiger partial charge < -0.3 is 5.11 Å². The van der Waals surface area contributed by atoms with Crippen molar-refractivity contribution in [1.29, 1.82) is 0 Å². The van der Waals surface area contributed by atoms with Crippen molar-refractivity contribution in [2.75, 3.05) is 0 Å². The minimum absolute atomic E-state index is 0.194. The molecular weight excluding hydrogens is 241 g/mol. The molecule has 2 rings (SSSR count). The first kappa shape index (κ1) is 12.0. The number of aromatic nitrogens is 1. The lowest BCUT2D eigenvalue weighted by atomic mass is 10.0. The van der Waals surface area contributed by atoms with E-state index in [9.17, 15) is 9.50 Å². The smallest absolute Gasteiger partial charge is 0.130 e. The minimum Gasteiger partial charge on any atom is -0.383 e. The van der Waals surface area contributed by atoms with Gasteiger partial charge in [-0.3, -0.25) is 4.98 Å². The van der Waals surface area contributed by atoms with Crippen molar-refractivity contribution in [2.24, 2.45) is 0 Å². The molecule has 0 spiro atoms. The third kappa shape index (κ3) is 2.62. The summed E-state index contributed by atoms with van der Waals surface area (Å²) >= 11 is 5.65. The number of aryl methyl sites for hydroxylation is 1. The highest BCUT2D eigenvalue weighted by Gasteiger charge is 2.15. The van der Waals surface area contributed by atoms with Crippen LogP contribution < -0.4 is 0 Å². The summed E-state index contributed by atoms with van der Waals surface area (Å²) in [5, 5.41) is 10.3. The topological polar surface area (TPSA) is 33.1 Å². The molecule has 1 N–H and O–H groups in total. The number of hydrogen-bond donors (Lipinski definition) is 1. The molecule has 0 fully saturated rings. The van der Waals surface area contributed by atoms with Gasteiger partial charge >= 0.3 is 0 Å². The van der Waals surface area contributed by atoms with Crippen LogP contribution in [0.4, 0.5) is 4.39 Å². The van der Waals surface area contributed by atoms with Crippen molar-refractivity contribution < 1.29 is 9.50 Å². The fourth-order valence-electron chi connectivity index (χ4n) is 1.54. The first-order chi connectivity index (χ1) is 8.08. The van der Waals surface area contributed by atoms with Crippen molar-refractivity contribution in [1.82, 2.24) is 4.98 Å². The number of rotatable bonds is 2. The summed E-state index contributed by atoms with van der Waals surface area (Å²) in [6, 6.07) is 7.70. The third-order valence-electron chi connectivity index (χ3n) is 2.51. The molecule has 0 amide bonds. The lowest BCUT2D eigenvalue weighted by Crippen LogP contribution is -2.03. The van der Waals surface area contributed by atoms with Crippen LogP contribution in [0.2, 0.25) is 5.02 Å². The van der Waals surface area contributed by atoms with Crippen LogP contribution >= 0.6 is 11.6 Å². The highest BCUT2D eigenvalue weighted by molar-refractivity contribution is 6.30. The summed E-state index contributed by atoms with van der Waals surface area (Å²) < 4.78 is 13.6. The van der Waals surface area contributed by atoms with Gasteiger partial charge in [0.2, 0.25) is 0 Å². The van der Waals surface area contributed by atoms with E-state index in [0.717, 1.165) is 5.69 Å². The van der Waals surface area contributed by atoms with Gasteiger partial charge in [-0.25, -0.2) is 4.39 Å². The Morgan fingerprint density at radius 3 is 2.65 bits per heavy atom. The van der Waals surface area contributed by atoms with Crippen LogP contribution in [0, 0.1) is 12.7 Å². The lowest BCUT2D eigenvalue weighted by molar-refractivity contribution is 0.214. The molecule has 0 aliphatic carbocycles. The number of nitrogens with zero attached hydrogens (tertiary/aromatic N) is 1. The Morgan fingerprint density at radius 2 is 2.06 bits per heavy atom. The number of benzene rings is 1. The van der Waals surface area contributed by atoms with E-state index in [0.29, 0.717) is 10.6 Å². The molecule has 0 saturated heterocycles. The molecule has 1 aromatic carbocycles. The number of aliphatic hydroxyl groups is 1. The molecular formula is C13H11ClFNO. The molecule has 2 aromatic rings. The normalized spacial score (nSPS) is 12.5. The third-order valence-corrected chi connectivity index (χ3v) is 2.74. The van der Waals surface area contributed by atoms with Gasteiger partial charge in [-0.05, 0) is 25.1 Å². The van der Waals surface area contributed by atoms with Crippen LogP contribution in [0.15, 0.2) is 36.5 Å². The maximum atomic E-state index is 13.6. The van der Waals surface area contributed by atoms with Crippen LogP contribution in [-0.2, 0) is 0 Å². The molecule has 88 valence electrons. The van der Waals surface area contributed by atoms with Gasteiger partial charge in [-0.1, -0.05) is 23.7 Å². The summed E-state index contributed by atoms with van der Waals surface area (Å²) in [6.45, 7) is 1.85. The molecule has 0 bridgehead atoms. The van der Waals surface area contributed by atoms with Crippen molar-refractivity contribution in [3.8, 4) is 0 Å². The largest absolute Gasteiger partial charge is 0.383 e. The Morgan fingerprint density at radius 1 is 1.29 bits per heavy atom. The molecule has 0 aliphatic heterocycles. The number of pyridine rings is 1. The van der Waals surface area contributed by atoms with E-state index in [1.165, 1.54) is 18.3 Å². The zero-order chi connectivity index (χ0) is 12.4. The quantitative estimate of drug-likeness (QED) is 0.889. The minimum atomic E-state index is -1.03. The predicted molar refractivity (Wildman–Crippen MR) is 64.4 cm³/mol. The molecule has 0 aliphatic rings. The van der Waals surface area contributed by atoms with Crippen molar-refractivity contribution in [3.63, 3.8) is 0 Å². The van der Waals surface area contributed by atoms with Gasteiger partial charge in [0.1, 0.15) is 11.9 Å². The van der Waals surface area contributed by atoms with Crippen LogP contribution in [0.25, 0.3) is 0 Å². The number of aliphatic hydroxyl groups excluding tert-OH is 1. The van der Waals surface area contributed by atoms with Gasteiger partial charge in [0, 0.05) is 28.0 Å². The summed E-state index contributed by atoms with van der Waals surface area (Å²) in [5.74, 6) is -0.523. The first-order valence-corrected chi connectivity index (χ1v) is 5.51. The molecule has 1 unspecified atom stereocenters. The second-order valence-electron chi connectivity index (χ2n) is 3.80. The van der Waals surface area contributed by atoms with Crippen LogP contribution in [-0.4, -0.2) is 10.1 Å². The second kappa shape index (κ2) is 4.82. The molecule has 2 nitrogen and oxygen atoms in total. The Kier molecular flexibility index (Phi) is 3.41. The van der Waals surface area contributed by atoms with Gasteiger partial charge in [-0.2, -0.15) is 0 Å². The number of hydrogen-bond acceptors (Lipinski definition) is 2. The van der Waals surface area contributed by atoms with Gasteiger partial charge in [0.05, 0.1) is 0 Å². The Balaban J connectivity index is 2.36. The fourth-order valence-corrected chi connectivity index (χ4v) is 1.70. The van der Waals surface area contributed by atoms with Crippen molar-refractivity contribution in [2.45, 2.75) is 13.0 Å². The maximum absolute atomic E-state index is 13.6. The van der Waals surface area contributed by atoms with E-state index in [1.807, 2.05) is 6.92 Å². The van der Waals surface area contributed by atoms with E-state index >= 15 is 0 Å². The number of halogens is 2. The highest BCUT2D eigenvalue weighted by atomic mass is 35.5. The molecule has 4 heteroatoms. The van der Waals surface area contributed by atoms with Crippen LogP contribution in [0.1, 0.15) is 22.9 Å². The molecule has 1 aromatic heterocycles. The van der Waals surface area contributed by atoms with Crippen LogP contribution in [0.5, 0.6) is 0 Å². The Bertz CT molecular complexity index is 527. The van der Waals surface area contributed by atoms with E-state index < -0.39 is 11.9 Å². The highest BCUT2D eigenvalue weighted by Crippen LogP contribution is 2.25. The van der Waals surface area contributed by atoms with E-state index in [2.05, 4.69) is 4.98 Å².